The Balaban J connectivity index is 0.000000396. The molecule has 0 radical (unpaired) electrons. The zero-order valence-corrected chi connectivity index (χ0v) is 12.0. The smallest absolute Gasteiger partial charge is 0.430 e. The third-order valence-electron chi connectivity index (χ3n) is 1.64. The first kappa shape index (κ1) is 18.5. The summed E-state index contributed by atoms with van der Waals surface area (Å²) in [5.41, 5.74) is 0.0727. The van der Waals surface area contributed by atoms with Crippen molar-refractivity contribution < 1.29 is 34.6 Å². The van der Waals surface area contributed by atoms with Crippen molar-refractivity contribution in [3.8, 4) is 0 Å². The average molecular weight is 327 g/mol. The van der Waals surface area contributed by atoms with Crippen LogP contribution in [-0.2, 0) is 14.5 Å². The van der Waals surface area contributed by atoms with Crippen LogP contribution >= 0.6 is 23.2 Å². The Kier molecular flexibility index (Phi) is 8.66. The van der Waals surface area contributed by atoms with Gasteiger partial charge in [-0.05, 0) is 32.0 Å². The van der Waals surface area contributed by atoms with Gasteiger partial charge in [0.25, 0.3) is 0 Å². The van der Waals surface area contributed by atoms with Gasteiger partial charge in [-0.1, -0.05) is 23.2 Å². The summed E-state index contributed by atoms with van der Waals surface area (Å²) in [6.45, 7) is 3.30. The van der Waals surface area contributed by atoms with Gasteiger partial charge in [-0.2, -0.15) is 10.5 Å². The van der Waals surface area contributed by atoms with Gasteiger partial charge in [-0.25, -0.2) is 9.59 Å². The van der Waals surface area contributed by atoms with Gasteiger partial charge in [0.15, 0.2) is 0 Å². The first-order valence-corrected chi connectivity index (χ1v) is 5.90. The summed E-state index contributed by atoms with van der Waals surface area (Å²) < 4.78 is 4.29. The van der Waals surface area contributed by atoms with E-state index in [4.69, 9.17) is 33.7 Å². The second kappa shape index (κ2) is 9.38. The molecule has 1 aromatic rings. The molecule has 0 saturated heterocycles. The lowest BCUT2D eigenvalue weighted by molar-refractivity contribution is -0.203. The normalized spacial score (nSPS) is 9.35. The molecule has 0 atom stereocenters. The molecule has 9 heteroatoms. The van der Waals surface area contributed by atoms with Gasteiger partial charge < -0.3 is 4.74 Å². The first-order valence-electron chi connectivity index (χ1n) is 5.14. The van der Waals surface area contributed by atoms with Crippen LogP contribution in [0, 0.1) is 0 Å². The molecular formula is C11H12Cl2O7. The lowest BCUT2D eigenvalue weighted by Gasteiger charge is -2.02. The van der Waals surface area contributed by atoms with Crippen molar-refractivity contribution in [3.05, 3.63) is 33.8 Å². The van der Waals surface area contributed by atoms with Crippen LogP contribution in [0.15, 0.2) is 18.2 Å². The SMILES string of the molecule is CC(C)OC(=O)OO.O=C(OO)c1ccc(Cl)cc1Cl. The summed E-state index contributed by atoms with van der Waals surface area (Å²) in [6, 6.07) is 4.22. The molecule has 0 heterocycles. The standard InChI is InChI=1S/C7H4Cl2O3.C4H8O4/c8-4-1-2-5(6(9)3-4)7(10)12-11;1-3(2)7-4(5)8-6/h1-3,11H;3,6H,1-2H3. The highest BCUT2D eigenvalue weighted by Crippen LogP contribution is 2.21. The molecule has 112 valence electrons. The van der Waals surface area contributed by atoms with Gasteiger partial charge in [0.05, 0.1) is 16.7 Å². The number of halogens is 2. The Morgan fingerprint density at radius 2 is 1.75 bits per heavy atom. The summed E-state index contributed by atoms with van der Waals surface area (Å²) >= 11 is 11.2. The Morgan fingerprint density at radius 3 is 2.10 bits per heavy atom. The van der Waals surface area contributed by atoms with Crippen molar-refractivity contribution in [1.29, 1.82) is 0 Å². The lowest BCUT2D eigenvalue weighted by atomic mass is 10.2. The van der Waals surface area contributed by atoms with Gasteiger partial charge in [-0.3, -0.25) is 9.78 Å². The lowest BCUT2D eigenvalue weighted by Crippen LogP contribution is -2.10. The summed E-state index contributed by atoms with van der Waals surface area (Å²) in [5.74, 6) is -0.906. The summed E-state index contributed by atoms with van der Waals surface area (Å²) in [6.07, 6.45) is -1.32. The Labute approximate surface area is 124 Å². The van der Waals surface area contributed by atoms with E-state index in [2.05, 4.69) is 14.5 Å². The molecule has 0 bridgehead atoms. The molecule has 0 fully saturated rings. The fraction of sp³-hybridized carbons (Fsp3) is 0.273. The van der Waals surface area contributed by atoms with Gasteiger partial charge in [-0.15, -0.1) is 0 Å². The molecule has 0 aliphatic heterocycles. The fourth-order valence-corrected chi connectivity index (χ4v) is 1.40. The van der Waals surface area contributed by atoms with E-state index in [-0.39, 0.29) is 16.7 Å². The minimum absolute atomic E-state index is 0.0727. The number of carbonyl (C=O) groups excluding carboxylic acids is 2. The van der Waals surface area contributed by atoms with Crippen LogP contribution in [0.1, 0.15) is 24.2 Å². The predicted molar refractivity (Wildman–Crippen MR) is 69.8 cm³/mol. The molecule has 1 rings (SSSR count). The molecular weight excluding hydrogens is 315 g/mol. The van der Waals surface area contributed by atoms with E-state index < -0.39 is 12.1 Å². The highest BCUT2D eigenvalue weighted by atomic mass is 35.5. The Bertz CT molecular complexity index is 462. The fourth-order valence-electron chi connectivity index (χ4n) is 0.918. The minimum atomic E-state index is -1.07. The largest absolute Gasteiger partial charge is 0.540 e. The van der Waals surface area contributed by atoms with E-state index in [1.807, 2.05) is 0 Å². The van der Waals surface area contributed by atoms with Crippen LogP contribution in [0.2, 0.25) is 10.0 Å². The Morgan fingerprint density at radius 1 is 1.15 bits per heavy atom. The van der Waals surface area contributed by atoms with Gasteiger partial charge in [0.1, 0.15) is 0 Å². The zero-order chi connectivity index (χ0) is 15.7. The van der Waals surface area contributed by atoms with E-state index >= 15 is 0 Å². The number of hydrogen-bond donors (Lipinski definition) is 2. The number of hydrogen-bond acceptors (Lipinski definition) is 7. The van der Waals surface area contributed by atoms with Gasteiger partial charge in [0.2, 0.25) is 0 Å². The molecule has 0 aliphatic rings. The molecule has 1 aromatic carbocycles. The van der Waals surface area contributed by atoms with Crippen LogP contribution in [0.4, 0.5) is 4.79 Å². The summed E-state index contributed by atoms with van der Waals surface area (Å²) in [4.78, 5) is 27.4. The second-order valence-corrected chi connectivity index (χ2v) is 4.35. The molecule has 0 spiro atoms. The molecule has 0 unspecified atom stereocenters. The maximum absolute atomic E-state index is 10.7. The zero-order valence-electron chi connectivity index (χ0n) is 10.5. The van der Waals surface area contributed by atoms with Crippen LogP contribution < -0.4 is 0 Å². The monoisotopic (exact) mass is 326 g/mol. The molecule has 0 amide bonds. The van der Waals surface area contributed by atoms with E-state index in [9.17, 15) is 9.59 Å². The van der Waals surface area contributed by atoms with E-state index in [1.54, 1.807) is 13.8 Å². The highest BCUT2D eigenvalue weighted by molar-refractivity contribution is 6.36. The number of ether oxygens (including phenoxy) is 1. The molecule has 20 heavy (non-hydrogen) atoms. The van der Waals surface area contributed by atoms with Crippen molar-refractivity contribution in [3.63, 3.8) is 0 Å². The molecule has 0 aromatic heterocycles. The quantitative estimate of drug-likeness (QED) is 0.485. The molecule has 7 nitrogen and oxygen atoms in total. The van der Waals surface area contributed by atoms with E-state index in [1.165, 1.54) is 18.2 Å². The minimum Gasteiger partial charge on any atom is -0.430 e. The average Bonchev–Trinajstić information content (AvgIpc) is 2.37. The van der Waals surface area contributed by atoms with Gasteiger partial charge in [0, 0.05) is 5.02 Å². The van der Waals surface area contributed by atoms with Crippen molar-refractivity contribution in [2.45, 2.75) is 20.0 Å². The van der Waals surface area contributed by atoms with E-state index in [0.29, 0.717) is 5.02 Å². The number of benzene rings is 1. The molecule has 0 saturated carbocycles. The van der Waals surface area contributed by atoms with Crippen molar-refractivity contribution >= 4 is 35.3 Å². The maximum atomic E-state index is 10.7. The summed E-state index contributed by atoms with van der Waals surface area (Å²) in [7, 11) is 0. The van der Waals surface area contributed by atoms with Crippen LogP contribution in [0.3, 0.4) is 0 Å². The van der Waals surface area contributed by atoms with Crippen LogP contribution in [0.5, 0.6) is 0 Å². The maximum Gasteiger partial charge on any atom is 0.540 e. The number of rotatable bonds is 2. The van der Waals surface area contributed by atoms with Crippen molar-refractivity contribution in [2.75, 3.05) is 0 Å². The molecule has 0 aliphatic carbocycles. The highest BCUT2D eigenvalue weighted by Gasteiger charge is 2.11. The topological polar surface area (TPSA) is 102 Å². The number of carbonyl (C=O) groups is 2. The van der Waals surface area contributed by atoms with Crippen LogP contribution in [0.25, 0.3) is 0 Å². The Hall–Kier alpha value is -1.54. The third-order valence-corrected chi connectivity index (χ3v) is 2.19. The van der Waals surface area contributed by atoms with Gasteiger partial charge >= 0.3 is 12.1 Å². The van der Waals surface area contributed by atoms with Crippen molar-refractivity contribution in [2.24, 2.45) is 0 Å². The second-order valence-electron chi connectivity index (χ2n) is 3.51. The molecule has 2 N–H and O–H groups in total. The first-order chi connectivity index (χ1) is 9.31. The predicted octanol–water partition coefficient (Wildman–Crippen LogP) is 3.64. The van der Waals surface area contributed by atoms with Crippen LogP contribution in [-0.4, -0.2) is 28.7 Å². The van der Waals surface area contributed by atoms with E-state index in [0.717, 1.165) is 0 Å². The third kappa shape index (κ3) is 7.15. The van der Waals surface area contributed by atoms with Crippen molar-refractivity contribution in [1.82, 2.24) is 0 Å². The summed E-state index contributed by atoms with van der Waals surface area (Å²) in [5, 5.41) is 16.2.